The van der Waals surface area contributed by atoms with Gasteiger partial charge in [0.05, 0.1) is 19.6 Å². The molecule has 3 aromatic rings. The molecule has 1 aliphatic heterocycles. The van der Waals surface area contributed by atoms with Crippen molar-refractivity contribution in [3.63, 3.8) is 0 Å². The van der Waals surface area contributed by atoms with Crippen molar-refractivity contribution in [1.82, 2.24) is 9.88 Å². The van der Waals surface area contributed by atoms with Gasteiger partial charge < -0.3 is 19.4 Å². The third-order valence-electron chi connectivity index (χ3n) is 6.29. The second kappa shape index (κ2) is 9.90. The number of piperidine rings is 1. The molecule has 1 N–H and O–H groups in total. The van der Waals surface area contributed by atoms with Crippen molar-refractivity contribution in [2.24, 2.45) is 5.92 Å². The van der Waals surface area contributed by atoms with Crippen LogP contribution >= 0.6 is 0 Å². The van der Waals surface area contributed by atoms with Gasteiger partial charge in [-0.05, 0) is 49.1 Å². The third kappa shape index (κ3) is 4.64. The fourth-order valence-corrected chi connectivity index (χ4v) is 4.59. The van der Waals surface area contributed by atoms with E-state index in [9.17, 15) is 9.59 Å². The van der Waals surface area contributed by atoms with Crippen molar-refractivity contribution < 1.29 is 19.1 Å². The number of likely N-dealkylation sites (tertiary alicyclic amines) is 1. The molecule has 4 rings (SSSR count). The van der Waals surface area contributed by atoms with Crippen molar-refractivity contribution >= 4 is 22.8 Å². The van der Waals surface area contributed by atoms with Crippen molar-refractivity contribution in [3.05, 3.63) is 65.9 Å². The zero-order valence-electron chi connectivity index (χ0n) is 18.7. The summed E-state index contributed by atoms with van der Waals surface area (Å²) in [6, 6.07) is 16.0. The average Bonchev–Trinajstić information content (AvgIpc) is 3.26. The summed E-state index contributed by atoms with van der Waals surface area (Å²) in [4.78, 5) is 30.8. The number of fused-ring (bicyclic) bond motifs is 1. The van der Waals surface area contributed by atoms with Crippen LogP contribution in [-0.4, -0.2) is 48.6 Å². The monoisotopic (exact) mass is 434 g/mol. The number of carbonyl (C=O) groups is 2. The van der Waals surface area contributed by atoms with E-state index in [-0.39, 0.29) is 23.7 Å². The fraction of sp³-hybridized carbons (Fsp3) is 0.385. The SMILES string of the molecule is CCOC(=O)C1CCCN(C(=O)CC(c2ccc(OC)cc2)c2c[nH]c3ccccc23)C1. The first kappa shape index (κ1) is 21.9. The lowest BCUT2D eigenvalue weighted by atomic mass is 9.87. The largest absolute Gasteiger partial charge is 0.497 e. The Morgan fingerprint density at radius 2 is 1.94 bits per heavy atom. The predicted octanol–water partition coefficient (Wildman–Crippen LogP) is 4.50. The molecule has 1 saturated heterocycles. The molecule has 0 spiro atoms. The number of hydrogen-bond donors (Lipinski definition) is 1. The first-order valence-electron chi connectivity index (χ1n) is 11.2. The Morgan fingerprint density at radius 3 is 2.69 bits per heavy atom. The summed E-state index contributed by atoms with van der Waals surface area (Å²) in [5, 5.41) is 1.11. The third-order valence-corrected chi connectivity index (χ3v) is 6.29. The van der Waals surface area contributed by atoms with Crippen molar-refractivity contribution in [3.8, 4) is 5.75 Å². The molecule has 1 aromatic heterocycles. The van der Waals surface area contributed by atoms with E-state index in [1.807, 2.05) is 60.5 Å². The van der Waals surface area contributed by atoms with Crippen LogP contribution in [0.3, 0.4) is 0 Å². The van der Waals surface area contributed by atoms with Gasteiger partial charge in [-0.2, -0.15) is 0 Å². The van der Waals surface area contributed by atoms with Gasteiger partial charge >= 0.3 is 5.97 Å². The molecule has 0 radical (unpaired) electrons. The van der Waals surface area contributed by atoms with E-state index in [0.29, 0.717) is 26.1 Å². The second-order valence-corrected chi connectivity index (χ2v) is 8.25. The van der Waals surface area contributed by atoms with Crippen LogP contribution in [0.4, 0.5) is 0 Å². The van der Waals surface area contributed by atoms with E-state index in [1.54, 1.807) is 7.11 Å². The summed E-state index contributed by atoms with van der Waals surface area (Å²) in [5.41, 5.74) is 3.20. The Bertz CT molecular complexity index is 1070. The molecule has 2 aromatic carbocycles. The number of carbonyl (C=O) groups excluding carboxylic acids is 2. The topological polar surface area (TPSA) is 71.6 Å². The summed E-state index contributed by atoms with van der Waals surface area (Å²) in [6.45, 7) is 3.28. The van der Waals surface area contributed by atoms with Crippen LogP contribution in [0.25, 0.3) is 10.9 Å². The summed E-state index contributed by atoms with van der Waals surface area (Å²) in [6.07, 6.45) is 3.93. The quantitative estimate of drug-likeness (QED) is 0.556. The Morgan fingerprint density at radius 1 is 1.16 bits per heavy atom. The molecular formula is C26H30N2O4. The number of nitrogens with zero attached hydrogens (tertiary/aromatic N) is 1. The van der Waals surface area contributed by atoms with Crippen LogP contribution in [0.15, 0.2) is 54.7 Å². The van der Waals surface area contributed by atoms with E-state index in [1.165, 1.54) is 0 Å². The lowest BCUT2D eigenvalue weighted by molar-refractivity contribution is -0.151. The fourth-order valence-electron chi connectivity index (χ4n) is 4.59. The molecule has 32 heavy (non-hydrogen) atoms. The van der Waals surface area contributed by atoms with Gasteiger partial charge in [-0.3, -0.25) is 9.59 Å². The van der Waals surface area contributed by atoms with Gasteiger partial charge in [0.2, 0.25) is 5.91 Å². The lowest BCUT2D eigenvalue weighted by Gasteiger charge is -2.32. The van der Waals surface area contributed by atoms with Gasteiger partial charge in [-0.25, -0.2) is 0 Å². The minimum atomic E-state index is -0.236. The maximum Gasteiger partial charge on any atom is 0.310 e. The highest BCUT2D eigenvalue weighted by Crippen LogP contribution is 2.35. The molecule has 2 unspecified atom stereocenters. The molecule has 1 aliphatic rings. The highest BCUT2D eigenvalue weighted by Gasteiger charge is 2.31. The Labute approximate surface area is 188 Å². The molecule has 0 aliphatic carbocycles. The van der Waals surface area contributed by atoms with Gasteiger partial charge in [-0.1, -0.05) is 30.3 Å². The Kier molecular flexibility index (Phi) is 6.78. The number of para-hydroxylation sites is 1. The normalized spacial score (nSPS) is 17.2. The van der Waals surface area contributed by atoms with Gasteiger partial charge in [0.1, 0.15) is 5.75 Å². The molecule has 2 atom stereocenters. The summed E-state index contributed by atoms with van der Waals surface area (Å²) >= 11 is 0. The van der Waals surface area contributed by atoms with Crippen molar-refractivity contribution in [2.75, 3.05) is 26.8 Å². The number of methoxy groups -OCH3 is 1. The molecule has 0 saturated carbocycles. The zero-order chi connectivity index (χ0) is 22.5. The zero-order valence-corrected chi connectivity index (χ0v) is 18.7. The first-order valence-corrected chi connectivity index (χ1v) is 11.2. The van der Waals surface area contributed by atoms with E-state index < -0.39 is 0 Å². The highest BCUT2D eigenvalue weighted by atomic mass is 16.5. The maximum atomic E-state index is 13.4. The van der Waals surface area contributed by atoms with Crippen molar-refractivity contribution in [1.29, 1.82) is 0 Å². The summed E-state index contributed by atoms with van der Waals surface area (Å²) in [7, 11) is 1.64. The Hall–Kier alpha value is -3.28. The highest BCUT2D eigenvalue weighted by molar-refractivity contribution is 5.86. The number of aromatic amines is 1. The molecule has 2 heterocycles. The van der Waals surface area contributed by atoms with Gasteiger partial charge in [-0.15, -0.1) is 0 Å². The number of hydrogen-bond acceptors (Lipinski definition) is 4. The smallest absolute Gasteiger partial charge is 0.310 e. The van der Waals surface area contributed by atoms with E-state index in [2.05, 4.69) is 11.1 Å². The van der Waals surface area contributed by atoms with E-state index >= 15 is 0 Å². The molecule has 1 amide bonds. The second-order valence-electron chi connectivity index (χ2n) is 8.25. The Balaban J connectivity index is 1.60. The van der Waals surface area contributed by atoms with Gasteiger partial charge in [0.25, 0.3) is 0 Å². The number of H-pyrrole nitrogens is 1. The molecule has 6 nitrogen and oxygen atoms in total. The van der Waals surface area contributed by atoms with Gasteiger partial charge in [0, 0.05) is 42.5 Å². The van der Waals surface area contributed by atoms with Crippen LogP contribution in [0.1, 0.15) is 43.2 Å². The van der Waals surface area contributed by atoms with E-state index in [4.69, 9.17) is 9.47 Å². The van der Waals surface area contributed by atoms with Gasteiger partial charge in [0.15, 0.2) is 0 Å². The average molecular weight is 435 g/mol. The number of ether oxygens (including phenoxy) is 2. The molecule has 6 heteroatoms. The molecule has 1 fully saturated rings. The minimum absolute atomic E-state index is 0.0603. The number of benzene rings is 2. The number of nitrogens with one attached hydrogen (secondary N) is 1. The van der Waals surface area contributed by atoms with Crippen LogP contribution in [-0.2, 0) is 14.3 Å². The summed E-state index contributed by atoms with van der Waals surface area (Å²) < 4.78 is 10.5. The number of rotatable bonds is 7. The predicted molar refractivity (Wildman–Crippen MR) is 124 cm³/mol. The van der Waals surface area contributed by atoms with Crippen molar-refractivity contribution in [2.45, 2.75) is 32.1 Å². The minimum Gasteiger partial charge on any atom is -0.497 e. The van der Waals surface area contributed by atoms with Crippen LogP contribution in [0.5, 0.6) is 5.75 Å². The lowest BCUT2D eigenvalue weighted by Crippen LogP contribution is -2.43. The van der Waals surface area contributed by atoms with E-state index in [0.717, 1.165) is 40.6 Å². The van der Waals surface area contributed by atoms with Crippen LogP contribution in [0, 0.1) is 5.92 Å². The summed E-state index contributed by atoms with van der Waals surface area (Å²) in [5.74, 6) is 0.303. The first-order chi connectivity index (χ1) is 15.6. The molecular weight excluding hydrogens is 404 g/mol. The maximum absolute atomic E-state index is 13.4. The van der Waals surface area contributed by atoms with Crippen LogP contribution < -0.4 is 4.74 Å². The standard InChI is InChI=1S/C26H30N2O4/c1-3-32-26(30)19-7-6-14-28(17-19)25(29)15-22(18-10-12-20(31-2)13-11-18)23-16-27-24-9-5-4-8-21(23)24/h4-5,8-13,16,19,22,27H,3,6-7,14-15,17H2,1-2H3. The van der Waals surface area contributed by atoms with Crippen LogP contribution in [0.2, 0.25) is 0 Å². The number of aromatic nitrogens is 1. The number of esters is 1. The molecule has 0 bridgehead atoms. The molecule has 168 valence electrons. The number of amides is 1.